The summed E-state index contributed by atoms with van der Waals surface area (Å²) in [5.41, 5.74) is -0.699. The molecule has 0 unspecified atom stereocenters. The fourth-order valence-electron chi connectivity index (χ4n) is 1.28. The number of hydrogen-bond acceptors (Lipinski definition) is 5. The van der Waals surface area contributed by atoms with Crippen molar-refractivity contribution in [3.8, 4) is 0 Å². The summed E-state index contributed by atoms with van der Waals surface area (Å²) in [4.78, 5) is 7.11. The van der Waals surface area contributed by atoms with Gasteiger partial charge in [-0.3, -0.25) is 0 Å². The summed E-state index contributed by atoms with van der Waals surface area (Å²) in [7, 11) is -3.29. The third-order valence-electron chi connectivity index (χ3n) is 1.81. The van der Waals surface area contributed by atoms with E-state index in [1.807, 2.05) is 0 Å². The van der Waals surface area contributed by atoms with E-state index in [2.05, 4.69) is 20.0 Å². The van der Waals surface area contributed by atoms with Gasteiger partial charge < -0.3 is 5.32 Å². The summed E-state index contributed by atoms with van der Waals surface area (Å²) in [6.45, 7) is 3.69. The van der Waals surface area contributed by atoms with Crippen LogP contribution in [0, 0.1) is 5.95 Å². The highest BCUT2D eigenvalue weighted by Gasteiger charge is 2.21. The van der Waals surface area contributed by atoms with Crippen LogP contribution in [-0.4, -0.2) is 36.7 Å². The zero-order valence-corrected chi connectivity index (χ0v) is 10.7. The molecule has 2 N–H and O–H groups in total. The third-order valence-corrected chi connectivity index (χ3v) is 2.73. The van der Waals surface area contributed by atoms with E-state index in [1.165, 1.54) is 0 Å². The molecule has 6 nitrogen and oxygen atoms in total. The Balaban J connectivity index is 2.61. The highest BCUT2D eigenvalue weighted by molar-refractivity contribution is 7.88. The number of nitrogens with one attached hydrogen (secondary N) is 2. The number of hydrogen-bond donors (Lipinski definition) is 2. The molecule has 0 saturated carbocycles. The van der Waals surface area contributed by atoms with Crippen LogP contribution in [-0.2, 0) is 10.0 Å². The van der Waals surface area contributed by atoms with E-state index in [1.54, 1.807) is 13.8 Å². The molecule has 0 aliphatic carbocycles. The van der Waals surface area contributed by atoms with Gasteiger partial charge in [-0.2, -0.15) is 4.39 Å². The Hall–Kier alpha value is -1.28. The van der Waals surface area contributed by atoms with Crippen LogP contribution in [0.4, 0.5) is 10.2 Å². The maximum atomic E-state index is 12.8. The maximum absolute atomic E-state index is 12.8. The van der Waals surface area contributed by atoms with Gasteiger partial charge >= 0.3 is 0 Å². The molecule has 0 fully saturated rings. The van der Waals surface area contributed by atoms with Crippen LogP contribution in [0.1, 0.15) is 13.8 Å². The fraction of sp³-hybridized carbons (Fsp3) is 0.556. The number of rotatable bonds is 5. The van der Waals surface area contributed by atoms with Crippen LogP contribution in [0.25, 0.3) is 0 Å². The minimum absolute atomic E-state index is 0.274. The Morgan fingerprint density at radius 1 is 1.41 bits per heavy atom. The summed E-state index contributed by atoms with van der Waals surface area (Å²) in [6.07, 6.45) is 2.17. The van der Waals surface area contributed by atoms with Crippen molar-refractivity contribution >= 4 is 15.8 Å². The monoisotopic (exact) mass is 262 g/mol. The molecule has 1 rings (SSSR count). The molecule has 1 aromatic heterocycles. The molecular formula is C9H15FN4O2S. The molecule has 1 heterocycles. The third kappa shape index (κ3) is 5.55. The van der Waals surface area contributed by atoms with Crippen molar-refractivity contribution in [3.05, 3.63) is 18.3 Å². The largest absolute Gasteiger partial charge is 0.368 e. The van der Waals surface area contributed by atoms with E-state index in [9.17, 15) is 12.8 Å². The molecule has 0 bridgehead atoms. The average Bonchev–Trinajstić information content (AvgIpc) is 2.11. The molecular weight excluding hydrogens is 247 g/mol. The Bertz CT molecular complexity index is 490. The Morgan fingerprint density at radius 3 is 2.59 bits per heavy atom. The summed E-state index contributed by atoms with van der Waals surface area (Å²) < 4.78 is 37.4. The van der Waals surface area contributed by atoms with Gasteiger partial charge in [-0.1, -0.05) is 0 Å². The lowest BCUT2D eigenvalue weighted by Gasteiger charge is -2.25. The molecule has 0 atom stereocenters. The highest BCUT2D eigenvalue weighted by atomic mass is 32.2. The standard InChI is InChI=1S/C9H15FN4O2S/c1-9(2,14-17(3,15)16)5-11-8-4-7(10)12-6-13-8/h4,6,14H,5H2,1-3H3,(H,11,12,13). The van der Waals surface area contributed by atoms with Gasteiger partial charge in [-0.05, 0) is 13.8 Å². The van der Waals surface area contributed by atoms with Gasteiger partial charge in [0.2, 0.25) is 16.0 Å². The lowest BCUT2D eigenvalue weighted by Crippen LogP contribution is -2.47. The van der Waals surface area contributed by atoms with Gasteiger partial charge in [0.15, 0.2) is 0 Å². The van der Waals surface area contributed by atoms with Crippen molar-refractivity contribution in [2.24, 2.45) is 0 Å². The average molecular weight is 262 g/mol. The van der Waals surface area contributed by atoms with Crippen LogP contribution in [0.3, 0.4) is 0 Å². The van der Waals surface area contributed by atoms with Crippen LogP contribution in [0.15, 0.2) is 12.4 Å². The van der Waals surface area contributed by atoms with Crippen LogP contribution < -0.4 is 10.0 Å². The molecule has 0 amide bonds. The van der Waals surface area contributed by atoms with Crippen molar-refractivity contribution in [3.63, 3.8) is 0 Å². The smallest absolute Gasteiger partial charge is 0.217 e. The predicted molar refractivity (Wildman–Crippen MR) is 62.5 cm³/mol. The normalized spacial score (nSPS) is 12.5. The number of aromatic nitrogens is 2. The van der Waals surface area contributed by atoms with Crippen molar-refractivity contribution in [1.29, 1.82) is 0 Å². The lowest BCUT2D eigenvalue weighted by atomic mass is 10.1. The van der Waals surface area contributed by atoms with E-state index in [-0.39, 0.29) is 6.54 Å². The summed E-state index contributed by atoms with van der Waals surface area (Å²) >= 11 is 0. The first kappa shape index (κ1) is 13.8. The van der Waals surface area contributed by atoms with Crippen molar-refractivity contribution in [1.82, 2.24) is 14.7 Å². The molecule has 0 spiro atoms. The molecule has 96 valence electrons. The van der Waals surface area contributed by atoms with E-state index in [0.29, 0.717) is 5.82 Å². The minimum Gasteiger partial charge on any atom is -0.368 e. The quantitative estimate of drug-likeness (QED) is 0.748. The van der Waals surface area contributed by atoms with Crippen molar-refractivity contribution < 1.29 is 12.8 Å². The number of halogens is 1. The first-order valence-electron chi connectivity index (χ1n) is 4.88. The van der Waals surface area contributed by atoms with Gasteiger partial charge in [0.25, 0.3) is 0 Å². The molecule has 0 aliphatic heterocycles. The van der Waals surface area contributed by atoms with Gasteiger partial charge in [0, 0.05) is 18.2 Å². The molecule has 0 aromatic carbocycles. The van der Waals surface area contributed by atoms with Crippen molar-refractivity contribution in [2.75, 3.05) is 18.1 Å². The Labute approximate surface area is 99.7 Å². The lowest BCUT2D eigenvalue weighted by molar-refractivity contribution is 0.475. The summed E-state index contributed by atoms with van der Waals surface area (Å²) in [6, 6.07) is 1.14. The van der Waals surface area contributed by atoms with E-state index >= 15 is 0 Å². The number of anilines is 1. The van der Waals surface area contributed by atoms with Crippen molar-refractivity contribution in [2.45, 2.75) is 19.4 Å². The molecule has 0 aliphatic rings. The Morgan fingerprint density at radius 2 is 2.06 bits per heavy atom. The first-order valence-corrected chi connectivity index (χ1v) is 6.77. The van der Waals surface area contributed by atoms with E-state index < -0.39 is 21.5 Å². The second-order valence-electron chi connectivity index (χ2n) is 4.34. The fourth-order valence-corrected chi connectivity index (χ4v) is 2.36. The highest BCUT2D eigenvalue weighted by Crippen LogP contribution is 2.07. The summed E-state index contributed by atoms with van der Waals surface area (Å²) in [5, 5.41) is 2.83. The van der Waals surface area contributed by atoms with Gasteiger partial charge in [-0.15, -0.1) is 0 Å². The topological polar surface area (TPSA) is 84.0 Å². The molecule has 0 radical (unpaired) electrons. The van der Waals surface area contributed by atoms with Crippen LogP contribution in [0.5, 0.6) is 0 Å². The second kappa shape index (κ2) is 4.92. The molecule has 8 heteroatoms. The number of nitrogens with zero attached hydrogens (tertiary/aromatic N) is 2. The zero-order valence-electron chi connectivity index (χ0n) is 9.86. The van der Waals surface area contributed by atoms with E-state index in [4.69, 9.17) is 0 Å². The zero-order chi connectivity index (χ0) is 13.1. The summed E-state index contributed by atoms with van der Waals surface area (Å²) in [5.74, 6) is -0.336. The number of sulfonamides is 1. The van der Waals surface area contributed by atoms with Crippen LogP contribution in [0.2, 0.25) is 0 Å². The maximum Gasteiger partial charge on any atom is 0.217 e. The van der Waals surface area contributed by atoms with Gasteiger partial charge in [-0.25, -0.2) is 23.1 Å². The van der Waals surface area contributed by atoms with Gasteiger partial charge in [0.1, 0.15) is 12.1 Å². The van der Waals surface area contributed by atoms with Gasteiger partial charge in [0.05, 0.1) is 6.26 Å². The predicted octanol–water partition coefficient (Wildman–Crippen LogP) is 0.355. The van der Waals surface area contributed by atoms with Crippen LogP contribution >= 0.6 is 0 Å². The molecule has 17 heavy (non-hydrogen) atoms. The van der Waals surface area contributed by atoms with E-state index in [0.717, 1.165) is 18.6 Å². The SMILES string of the molecule is CC(C)(CNc1cc(F)ncn1)NS(C)(=O)=O. The molecule has 1 aromatic rings. The minimum atomic E-state index is -3.29. The Kier molecular flexibility index (Phi) is 3.99. The first-order chi connectivity index (χ1) is 7.68. The molecule has 0 saturated heterocycles. The second-order valence-corrected chi connectivity index (χ2v) is 6.09.